The average Bonchev–Trinajstić information content (AvgIpc) is 3.18. The molecule has 0 unspecified atom stereocenters. The maximum absolute atomic E-state index is 12.4. The van der Waals surface area contributed by atoms with Crippen molar-refractivity contribution in [3.63, 3.8) is 0 Å². The van der Waals surface area contributed by atoms with E-state index >= 15 is 0 Å². The van der Waals surface area contributed by atoms with Crippen molar-refractivity contribution < 1.29 is 34.5 Å². The van der Waals surface area contributed by atoms with Crippen LogP contribution in [-0.4, -0.2) is 57.9 Å². The summed E-state index contributed by atoms with van der Waals surface area (Å²) in [6, 6.07) is 31.3. The van der Waals surface area contributed by atoms with Gasteiger partial charge in [-0.15, -0.1) is 0 Å². The standard InChI is InChI=1S/C41H46ClN3O7/c42-34-18-16-33(17-19-34)41(49)20-22-45(23-21-41)26-35-24-37(30-10-8-28(27-46)9-11-30)52-40(51-35)31-14-12-29(13-15-31)36-5-2-1-4-32(36)25-43-38(47)6-3-7-39(48)44-50/h1-2,4-5,8-19,35,37,40,46,49-50H,3,6-7,20-27H2,(H,43,47)(H,44,48)/t35-,37+,40+/m0/s1. The molecule has 0 spiro atoms. The molecule has 6 rings (SSSR count). The number of nitrogens with zero attached hydrogens (tertiary/aromatic N) is 1. The Morgan fingerprint density at radius 2 is 1.52 bits per heavy atom. The average molecular weight is 728 g/mol. The number of carbonyl (C=O) groups is 2. The minimum atomic E-state index is -0.886. The maximum Gasteiger partial charge on any atom is 0.243 e. The smallest absolute Gasteiger partial charge is 0.243 e. The number of aliphatic hydroxyl groups is 2. The summed E-state index contributed by atoms with van der Waals surface area (Å²) in [7, 11) is 0. The zero-order chi connectivity index (χ0) is 36.5. The summed E-state index contributed by atoms with van der Waals surface area (Å²) in [5.74, 6) is -0.681. The summed E-state index contributed by atoms with van der Waals surface area (Å²) in [5, 5.41) is 33.3. The van der Waals surface area contributed by atoms with E-state index in [0.29, 0.717) is 43.8 Å². The molecule has 274 valence electrons. The van der Waals surface area contributed by atoms with Gasteiger partial charge < -0.3 is 29.9 Å². The highest BCUT2D eigenvalue weighted by atomic mass is 35.5. The number of hydroxylamine groups is 1. The minimum Gasteiger partial charge on any atom is -0.392 e. The lowest BCUT2D eigenvalue weighted by Crippen LogP contribution is -2.46. The molecule has 2 fully saturated rings. The fourth-order valence-corrected chi connectivity index (χ4v) is 7.12. The summed E-state index contributed by atoms with van der Waals surface area (Å²) in [6.45, 7) is 2.48. The molecule has 0 aromatic heterocycles. The summed E-state index contributed by atoms with van der Waals surface area (Å²) in [6.07, 6.45) is 1.56. The van der Waals surface area contributed by atoms with Gasteiger partial charge in [0.15, 0.2) is 6.29 Å². The quantitative estimate of drug-likeness (QED) is 0.0797. The van der Waals surface area contributed by atoms with Crippen LogP contribution >= 0.6 is 11.6 Å². The van der Waals surface area contributed by atoms with Gasteiger partial charge in [0.1, 0.15) is 0 Å². The molecule has 4 aromatic rings. The number of carbonyl (C=O) groups excluding carboxylic acids is 2. The molecule has 10 nitrogen and oxygen atoms in total. The third-order valence-corrected chi connectivity index (χ3v) is 10.3. The van der Waals surface area contributed by atoms with Crippen LogP contribution in [0.5, 0.6) is 0 Å². The first kappa shape index (κ1) is 37.6. The molecule has 2 aliphatic heterocycles. The molecule has 0 saturated carbocycles. The number of likely N-dealkylation sites (tertiary alicyclic amines) is 1. The Hall–Kier alpha value is -4.13. The van der Waals surface area contributed by atoms with Gasteiger partial charge >= 0.3 is 0 Å². The Kier molecular flexibility index (Phi) is 12.7. The lowest BCUT2D eigenvalue weighted by Gasteiger charge is -2.42. The minimum absolute atomic E-state index is 0.0230. The van der Waals surface area contributed by atoms with Crippen molar-refractivity contribution in [2.24, 2.45) is 0 Å². The summed E-state index contributed by atoms with van der Waals surface area (Å²) in [5.41, 5.74) is 7.27. The Balaban J connectivity index is 1.13. The van der Waals surface area contributed by atoms with Crippen LogP contribution in [0.3, 0.4) is 0 Å². The number of rotatable bonds is 13. The van der Waals surface area contributed by atoms with E-state index in [9.17, 15) is 19.8 Å². The van der Waals surface area contributed by atoms with E-state index < -0.39 is 17.8 Å². The first-order valence-corrected chi connectivity index (χ1v) is 18.2. The van der Waals surface area contributed by atoms with Crippen LogP contribution < -0.4 is 10.8 Å². The molecular weight excluding hydrogens is 682 g/mol. The van der Waals surface area contributed by atoms with Crippen molar-refractivity contribution in [2.45, 2.75) is 75.8 Å². The van der Waals surface area contributed by atoms with Crippen LogP contribution in [0.1, 0.15) is 78.7 Å². The first-order valence-electron chi connectivity index (χ1n) is 17.8. The summed E-state index contributed by atoms with van der Waals surface area (Å²) < 4.78 is 13.2. The van der Waals surface area contributed by atoms with Crippen LogP contribution in [0.25, 0.3) is 11.1 Å². The SMILES string of the molecule is O=C(CCCC(=O)NCc1ccccc1-c1ccc([C@@H]2O[C@H](CN3CCC(O)(c4ccc(Cl)cc4)CC3)C[C@H](c3ccc(CO)cc3)O2)cc1)NO. The van der Waals surface area contributed by atoms with E-state index in [2.05, 4.69) is 10.2 Å². The van der Waals surface area contributed by atoms with Gasteiger partial charge in [-0.3, -0.25) is 14.8 Å². The second-order valence-corrected chi connectivity index (χ2v) is 14.1. The van der Waals surface area contributed by atoms with E-state index in [0.717, 1.165) is 52.0 Å². The van der Waals surface area contributed by atoms with Crippen molar-refractivity contribution in [2.75, 3.05) is 19.6 Å². The predicted molar refractivity (Wildman–Crippen MR) is 197 cm³/mol. The van der Waals surface area contributed by atoms with Gasteiger partial charge in [-0.25, -0.2) is 5.48 Å². The van der Waals surface area contributed by atoms with E-state index in [1.165, 1.54) is 0 Å². The van der Waals surface area contributed by atoms with Crippen molar-refractivity contribution >= 4 is 23.4 Å². The van der Waals surface area contributed by atoms with Crippen molar-refractivity contribution in [1.82, 2.24) is 15.7 Å². The highest BCUT2D eigenvalue weighted by Gasteiger charge is 2.37. The zero-order valence-corrected chi connectivity index (χ0v) is 29.8. The van der Waals surface area contributed by atoms with E-state index in [1.807, 2.05) is 97.1 Å². The molecule has 52 heavy (non-hydrogen) atoms. The van der Waals surface area contributed by atoms with Gasteiger partial charge in [-0.05, 0) is 64.8 Å². The van der Waals surface area contributed by atoms with E-state index in [1.54, 1.807) is 5.48 Å². The van der Waals surface area contributed by atoms with Crippen molar-refractivity contribution in [1.29, 1.82) is 0 Å². The summed E-state index contributed by atoms with van der Waals surface area (Å²) >= 11 is 6.09. The topological polar surface area (TPSA) is 141 Å². The predicted octanol–water partition coefficient (Wildman–Crippen LogP) is 6.32. The van der Waals surface area contributed by atoms with Crippen LogP contribution in [0.4, 0.5) is 0 Å². The largest absolute Gasteiger partial charge is 0.392 e. The van der Waals surface area contributed by atoms with Crippen molar-refractivity contribution in [3.8, 4) is 11.1 Å². The number of piperidine rings is 1. The first-order chi connectivity index (χ1) is 25.2. The number of nitrogens with one attached hydrogen (secondary N) is 2. The number of aliphatic hydroxyl groups excluding tert-OH is 1. The summed E-state index contributed by atoms with van der Waals surface area (Å²) in [4.78, 5) is 26.0. The molecular formula is C41H46ClN3O7. The van der Waals surface area contributed by atoms with Crippen LogP contribution in [0.15, 0.2) is 97.1 Å². The van der Waals surface area contributed by atoms with Gasteiger partial charge in [-0.2, -0.15) is 0 Å². The lowest BCUT2D eigenvalue weighted by molar-refractivity contribution is -0.253. The zero-order valence-electron chi connectivity index (χ0n) is 29.0. The van der Waals surface area contributed by atoms with Gasteiger partial charge in [-0.1, -0.05) is 96.5 Å². The second-order valence-electron chi connectivity index (χ2n) is 13.6. The van der Waals surface area contributed by atoms with Gasteiger partial charge in [0.2, 0.25) is 11.8 Å². The number of benzene rings is 4. The normalized spacial score (nSPS) is 20.3. The molecule has 0 radical (unpaired) electrons. The number of hydrogen-bond acceptors (Lipinski definition) is 8. The second kappa shape index (κ2) is 17.6. The van der Waals surface area contributed by atoms with Gasteiger partial charge in [0, 0.05) is 56.0 Å². The van der Waals surface area contributed by atoms with Crippen molar-refractivity contribution in [3.05, 3.63) is 130 Å². The number of amides is 2. The molecule has 2 amide bonds. The van der Waals surface area contributed by atoms with E-state index in [4.69, 9.17) is 26.3 Å². The molecule has 3 atom stereocenters. The highest BCUT2D eigenvalue weighted by Crippen LogP contribution is 2.40. The molecule has 2 aliphatic rings. The Morgan fingerprint density at radius 1 is 0.846 bits per heavy atom. The fraction of sp³-hybridized carbons (Fsp3) is 0.366. The van der Waals surface area contributed by atoms with Crippen LogP contribution in [0, 0.1) is 0 Å². The third kappa shape index (κ3) is 9.64. The molecule has 2 heterocycles. The Morgan fingerprint density at radius 3 is 2.21 bits per heavy atom. The van der Waals surface area contributed by atoms with Gasteiger partial charge in [0.25, 0.3) is 0 Å². The van der Waals surface area contributed by atoms with Crippen LogP contribution in [-0.2, 0) is 37.8 Å². The molecule has 2 saturated heterocycles. The lowest BCUT2D eigenvalue weighted by atomic mass is 9.84. The fourth-order valence-electron chi connectivity index (χ4n) is 7.00. The third-order valence-electron chi connectivity index (χ3n) is 10.1. The monoisotopic (exact) mass is 727 g/mol. The molecule has 0 bridgehead atoms. The number of hydrogen-bond donors (Lipinski definition) is 5. The maximum atomic E-state index is 12.4. The molecule has 5 N–H and O–H groups in total. The highest BCUT2D eigenvalue weighted by molar-refractivity contribution is 6.30. The Bertz CT molecular complexity index is 1780. The van der Waals surface area contributed by atoms with Crippen LogP contribution in [0.2, 0.25) is 5.02 Å². The number of ether oxygens (including phenoxy) is 2. The molecule has 11 heteroatoms. The number of halogens is 1. The Labute approximate surface area is 309 Å². The van der Waals surface area contributed by atoms with E-state index in [-0.39, 0.29) is 37.6 Å². The van der Waals surface area contributed by atoms with Gasteiger partial charge in [0.05, 0.1) is 24.4 Å². The molecule has 4 aromatic carbocycles. The molecule has 0 aliphatic carbocycles.